The van der Waals surface area contributed by atoms with Crippen molar-refractivity contribution in [2.24, 2.45) is 5.92 Å². The van der Waals surface area contributed by atoms with Crippen LogP contribution < -0.4 is 0 Å². The molecule has 3 aliphatic rings. The van der Waals surface area contributed by atoms with Crippen LogP contribution in [0.15, 0.2) is 30.3 Å². The molecule has 1 aromatic carbocycles. The van der Waals surface area contributed by atoms with E-state index in [1.165, 1.54) is 5.56 Å². The van der Waals surface area contributed by atoms with Crippen LogP contribution in [-0.4, -0.2) is 61.6 Å². The number of likely N-dealkylation sites (tertiary alicyclic amines) is 1. The maximum atomic E-state index is 13.1. The van der Waals surface area contributed by atoms with Crippen LogP contribution in [-0.2, 0) is 14.9 Å². The van der Waals surface area contributed by atoms with Gasteiger partial charge < -0.3 is 9.64 Å². The predicted molar refractivity (Wildman–Crippen MR) is 89.3 cm³/mol. The summed E-state index contributed by atoms with van der Waals surface area (Å²) < 4.78 is 5.42. The molecule has 2 aliphatic heterocycles. The van der Waals surface area contributed by atoms with Crippen molar-refractivity contribution in [3.63, 3.8) is 0 Å². The number of hydrogen-bond acceptors (Lipinski definition) is 3. The number of hydrogen-bond donors (Lipinski definition) is 0. The zero-order valence-corrected chi connectivity index (χ0v) is 13.7. The summed E-state index contributed by atoms with van der Waals surface area (Å²) in [6.45, 7) is 6.77. The SMILES string of the molecule is O=C(N1CCC(CN2CCOCC2)C1)C1(c2ccccc2)CC1. The average molecular weight is 314 g/mol. The maximum Gasteiger partial charge on any atom is 0.233 e. The molecule has 1 unspecified atom stereocenters. The van der Waals surface area contributed by atoms with E-state index < -0.39 is 0 Å². The highest BCUT2D eigenvalue weighted by molar-refractivity contribution is 5.91. The number of carbonyl (C=O) groups is 1. The number of amides is 1. The summed E-state index contributed by atoms with van der Waals surface area (Å²) in [5.74, 6) is 0.997. The molecule has 0 aromatic heterocycles. The van der Waals surface area contributed by atoms with Gasteiger partial charge in [0.15, 0.2) is 0 Å². The van der Waals surface area contributed by atoms with E-state index in [2.05, 4.69) is 21.9 Å². The second-order valence-corrected chi connectivity index (χ2v) is 7.27. The average Bonchev–Trinajstić information content (AvgIpc) is 3.30. The van der Waals surface area contributed by atoms with Gasteiger partial charge in [0.25, 0.3) is 0 Å². The number of rotatable bonds is 4. The molecule has 1 amide bonds. The molecule has 2 saturated heterocycles. The Morgan fingerprint density at radius 3 is 2.57 bits per heavy atom. The van der Waals surface area contributed by atoms with E-state index in [0.717, 1.165) is 65.2 Å². The Morgan fingerprint density at radius 1 is 1.13 bits per heavy atom. The first kappa shape index (κ1) is 15.2. The second-order valence-electron chi connectivity index (χ2n) is 7.27. The third-order valence-electron chi connectivity index (χ3n) is 5.68. The Morgan fingerprint density at radius 2 is 1.87 bits per heavy atom. The molecule has 124 valence electrons. The van der Waals surface area contributed by atoms with Gasteiger partial charge in [0.05, 0.1) is 18.6 Å². The highest BCUT2D eigenvalue weighted by Gasteiger charge is 2.53. The molecular weight excluding hydrogens is 288 g/mol. The fourth-order valence-corrected chi connectivity index (χ4v) is 4.13. The number of carbonyl (C=O) groups excluding carboxylic acids is 1. The van der Waals surface area contributed by atoms with Crippen LogP contribution in [0.3, 0.4) is 0 Å². The molecule has 2 heterocycles. The number of benzene rings is 1. The fraction of sp³-hybridized carbons (Fsp3) is 0.632. The van der Waals surface area contributed by atoms with Gasteiger partial charge in [-0.25, -0.2) is 0 Å². The molecule has 0 N–H and O–H groups in total. The molecule has 0 spiro atoms. The molecule has 4 nitrogen and oxygen atoms in total. The minimum Gasteiger partial charge on any atom is -0.379 e. The van der Waals surface area contributed by atoms with Crippen LogP contribution in [0.25, 0.3) is 0 Å². The zero-order valence-electron chi connectivity index (χ0n) is 13.7. The van der Waals surface area contributed by atoms with Gasteiger partial charge in [-0.05, 0) is 30.7 Å². The molecule has 3 fully saturated rings. The number of morpholine rings is 1. The summed E-state index contributed by atoms with van der Waals surface area (Å²) in [6.07, 6.45) is 3.18. The lowest BCUT2D eigenvalue weighted by Gasteiger charge is -2.29. The Hall–Kier alpha value is -1.39. The molecule has 0 bridgehead atoms. The lowest BCUT2D eigenvalue weighted by molar-refractivity contribution is -0.133. The Labute approximate surface area is 138 Å². The Bertz CT molecular complexity index is 550. The summed E-state index contributed by atoms with van der Waals surface area (Å²) in [5, 5.41) is 0. The summed E-state index contributed by atoms with van der Waals surface area (Å²) >= 11 is 0. The monoisotopic (exact) mass is 314 g/mol. The largest absolute Gasteiger partial charge is 0.379 e. The summed E-state index contributed by atoms with van der Waals surface area (Å²) in [4.78, 5) is 17.7. The molecule has 1 aromatic rings. The number of nitrogens with zero attached hydrogens (tertiary/aromatic N) is 2. The lowest BCUT2D eigenvalue weighted by atomic mass is 9.94. The van der Waals surface area contributed by atoms with Crippen molar-refractivity contribution >= 4 is 5.91 Å². The first-order valence-electron chi connectivity index (χ1n) is 8.93. The van der Waals surface area contributed by atoms with E-state index in [0.29, 0.717) is 11.8 Å². The van der Waals surface area contributed by atoms with Gasteiger partial charge in [-0.1, -0.05) is 30.3 Å². The van der Waals surface area contributed by atoms with E-state index in [1.807, 2.05) is 18.2 Å². The van der Waals surface area contributed by atoms with Gasteiger partial charge in [-0.3, -0.25) is 9.69 Å². The second kappa shape index (κ2) is 6.25. The standard InChI is InChI=1S/C19H26N2O2/c22-18(19(7-8-19)17-4-2-1-3-5-17)21-9-6-16(15-21)14-20-10-12-23-13-11-20/h1-5,16H,6-15H2. The molecule has 4 heteroatoms. The Kier molecular flexibility index (Phi) is 4.12. The summed E-state index contributed by atoms with van der Waals surface area (Å²) in [5.41, 5.74) is 1.01. The highest BCUT2D eigenvalue weighted by atomic mass is 16.5. The Balaban J connectivity index is 1.37. The molecule has 1 atom stereocenters. The van der Waals surface area contributed by atoms with E-state index in [4.69, 9.17) is 4.74 Å². The first-order valence-corrected chi connectivity index (χ1v) is 8.93. The molecule has 0 radical (unpaired) electrons. The predicted octanol–water partition coefficient (Wildman–Crippen LogP) is 1.90. The van der Waals surface area contributed by atoms with Gasteiger partial charge in [-0.2, -0.15) is 0 Å². The van der Waals surface area contributed by atoms with E-state index in [1.54, 1.807) is 0 Å². The van der Waals surface area contributed by atoms with Crippen molar-refractivity contribution in [2.45, 2.75) is 24.7 Å². The van der Waals surface area contributed by atoms with Gasteiger partial charge in [0.1, 0.15) is 0 Å². The van der Waals surface area contributed by atoms with Crippen molar-refractivity contribution in [3.05, 3.63) is 35.9 Å². The number of ether oxygens (including phenoxy) is 1. The molecular formula is C19H26N2O2. The highest BCUT2D eigenvalue weighted by Crippen LogP contribution is 2.50. The van der Waals surface area contributed by atoms with Crippen LogP contribution >= 0.6 is 0 Å². The van der Waals surface area contributed by atoms with Crippen molar-refractivity contribution in [1.29, 1.82) is 0 Å². The topological polar surface area (TPSA) is 32.8 Å². The van der Waals surface area contributed by atoms with Crippen LogP contribution in [0.2, 0.25) is 0 Å². The van der Waals surface area contributed by atoms with Crippen LogP contribution in [0.5, 0.6) is 0 Å². The molecule has 1 saturated carbocycles. The molecule has 1 aliphatic carbocycles. The maximum absolute atomic E-state index is 13.1. The van der Waals surface area contributed by atoms with E-state index >= 15 is 0 Å². The first-order chi connectivity index (χ1) is 11.3. The van der Waals surface area contributed by atoms with E-state index in [-0.39, 0.29) is 5.41 Å². The fourth-order valence-electron chi connectivity index (χ4n) is 4.13. The minimum absolute atomic E-state index is 0.199. The smallest absolute Gasteiger partial charge is 0.233 e. The van der Waals surface area contributed by atoms with Crippen molar-refractivity contribution in [3.8, 4) is 0 Å². The van der Waals surface area contributed by atoms with Gasteiger partial charge in [-0.15, -0.1) is 0 Å². The third-order valence-corrected chi connectivity index (χ3v) is 5.68. The van der Waals surface area contributed by atoms with Gasteiger partial charge >= 0.3 is 0 Å². The van der Waals surface area contributed by atoms with Crippen molar-refractivity contribution in [2.75, 3.05) is 45.9 Å². The normalized spacial score (nSPS) is 27.1. The molecule has 4 rings (SSSR count). The van der Waals surface area contributed by atoms with E-state index in [9.17, 15) is 4.79 Å². The minimum atomic E-state index is -0.199. The molecule has 23 heavy (non-hydrogen) atoms. The quantitative estimate of drug-likeness (QED) is 0.851. The van der Waals surface area contributed by atoms with Gasteiger partial charge in [0, 0.05) is 32.7 Å². The van der Waals surface area contributed by atoms with Crippen molar-refractivity contribution in [1.82, 2.24) is 9.80 Å². The lowest BCUT2D eigenvalue weighted by Crippen LogP contribution is -2.41. The van der Waals surface area contributed by atoms with Crippen LogP contribution in [0, 0.1) is 5.92 Å². The van der Waals surface area contributed by atoms with Gasteiger partial charge in [0.2, 0.25) is 5.91 Å². The summed E-state index contributed by atoms with van der Waals surface area (Å²) in [6, 6.07) is 10.4. The van der Waals surface area contributed by atoms with Crippen LogP contribution in [0.4, 0.5) is 0 Å². The summed E-state index contributed by atoms with van der Waals surface area (Å²) in [7, 11) is 0. The zero-order chi connectivity index (χ0) is 15.7. The van der Waals surface area contributed by atoms with Crippen molar-refractivity contribution < 1.29 is 9.53 Å². The van der Waals surface area contributed by atoms with Crippen LogP contribution in [0.1, 0.15) is 24.8 Å². The third kappa shape index (κ3) is 3.02.